The van der Waals surface area contributed by atoms with Crippen molar-refractivity contribution in [3.05, 3.63) is 47.8 Å². The molecular formula is C10H11FO. The number of aliphatic hydroxyl groups is 1. The molecular weight excluding hydrogens is 155 g/mol. The largest absolute Gasteiger partial charge is 0.384 e. The molecule has 0 aliphatic heterocycles. The molecule has 0 spiro atoms. The number of halogens is 1. The van der Waals surface area contributed by atoms with E-state index in [1.807, 2.05) is 0 Å². The molecule has 1 aromatic carbocycles. The maximum atomic E-state index is 12.6. The summed E-state index contributed by atoms with van der Waals surface area (Å²) in [6.07, 6.45) is 0.714. The van der Waals surface area contributed by atoms with Crippen LogP contribution in [0, 0.1) is 12.7 Å². The van der Waals surface area contributed by atoms with Crippen LogP contribution in [0.1, 0.15) is 17.2 Å². The molecule has 0 aliphatic rings. The molecule has 0 bridgehead atoms. The number of benzene rings is 1. The van der Waals surface area contributed by atoms with Gasteiger partial charge in [0.25, 0.3) is 0 Å². The molecule has 2 heteroatoms. The summed E-state index contributed by atoms with van der Waals surface area (Å²) in [4.78, 5) is 0. The Labute approximate surface area is 71.2 Å². The zero-order chi connectivity index (χ0) is 9.14. The molecule has 0 heterocycles. The molecule has 12 heavy (non-hydrogen) atoms. The highest BCUT2D eigenvalue weighted by Crippen LogP contribution is 2.18. The van der Waals surface area contributed by atoms with Gasteiger partial charge in [0.2, 0.25) is 0 Å². The molecule has 1 unspecified atom stereocenters. The van der Waals surface area contributed by atoms with Gasteiger partial charge in [0.1, 0.15) is 5.82 Å². The second-order valence-electron chi connectivity index (χ2n) is 2.68. The number of rotatable bonds is 2. The van der Waals surface area contributed by atoms with E-state index >= 15 is 0 Å². The molecule has 1 atom stereocenters. The van der Waals surface area contributed by atoms with Gasteiger partial charge in [-0.15, -0.1) is 6.58 Å². The van der Waals surface area contributed by atoms with Crippen molar-refractivity contribution in [3.63, 3.8) is 0 Å². The van der Waals surface area contributed by atoms with Crippen molar-refractivity contribution < 1.29 is 9.50 Å². The van der Waals surface area contributed by atoms with Crippen LogP contribution in [0.4, 0.5) is 4.39 Å². The van der Waals surface area contributed by atoms with Gasteiger partial charge in [-0.3, -0.25) is 0 Å². The van der Waals surface area contributed by atoms with Crippen LogP contribution < -0.4 is 0 Å². The minimum atomic E-state index is -0.703. The van der Waals surface area contributed by atoms with Crippen molar-refractivity contribution in [1.29, 1.82) is 0 Å². The summed E-state index contributed by atoms with van der Waals surface area (Å²) in [5.41, 5.74) is 1.44. The van der Waals surface area contributed by atoms with Crippen molar-refractivity contribution in [2.45, 2.75) is 13.0 Å². The third kappa shape index (κ3) is 1.71. The first-order valence-electron chi connectivity index (χ1n) is 3.72. The monoisotopic (exact) mass is 166 g/mol. The predicted molar refractivity (Wildman–Crippen MR) is 46.3 cm³/mol. The van der Waals surface area contributed by atoms with Crippen molar-refractivity contribution in [2.75, 3.05) is 0 Å². The van der Waals surface area contributed by atoms with E-state index in [2.05, 4.69) is 6.58 Å². The summed E-state index contributed by atoms with van der Waals surface area (Å²) in [6.45, 7) is 5.21. The summed E-state index contributed by atoms with van der Waals surface area (Å²) in [5.74, 6) is -0.285. The van der Waals surface area contributed by atoms with Gasteiger partial charge in [-0.25, -0.2) is 4.39 Å². The van der Waals surface area contributed by atoms with Gasteiger partial charge in [0.15, 0.2) is 0 Å². The Kier molecular flexibility index (Phi) is 2.61. The first kappa shape index (κ1) is 8.94. The molecule has 1 aromatic rings. The lowest BCUT2D eigenvalue weighted by Gasteiger charge is -2.08. The number of hydrogen-bond donors (Lipinski definition) is 1. The van der Waals surface area contributed by atoms with Gasteiger partial charge < -0.3 is 5.11 Å². The highest BCUT2D eigenvalue weighted by Gasteiger charge is 2.05. The smallest absolute Gasteiger partial charge is 0.123 e. The Morgan fingerprint density at radius 2 is 2.25 bits per heavy atom. The Morgan fingerprint density at radius 3 is 2.75 bits per heavy atom. The average Bonchev–Trinajstić information content (AvgIpc) is 2.03. The molecule has 0 aliphatic carbocycles. The van der Waals surface area contributed by atoms with Gasteiger partial charge in [-0.05, 0) is 30.2 Å². The van der Waals surface area contributed by atoms with E-state index < -0.39 is 6.10 Å². The molecule has 1 N–H and O–H groups in total. The maximum Gasteiger partial charge on any atom is 0.123 e. The highest BCUT2D eigenvalue weighted by molar-refractivity contribution is 5.30. The Bertz CT molecular complexity index is 294. The fraction of sp³-hybridized carbons (Fsp3) is 0.200. The van der Waals surface area contributed by atoms with Gasteiger partial charge in [-0.1, -0.05) is 12.1 Å². The third-order valence-corrected chi connectivity index (χ3v) is 1.77. The van der Waals surface area contributed by atoms with E-state index in [1.54, 1.807) is 13.0 Å². The van der Waals surface area contributed by atoms with Gasteiger partial charge >= 0.3 is 0 Å². The third-order valence-electron chi connectivity index (χ3n) is 1.77. The van der Waals surface area contributed by atoms with E-state index in [-0.39, 0.29) is 5.82 Å². The Hall–Kier alpha value is -1.15. The van der Waals surface area contributed by atoms with E-state index in [4.69, 9.17) is 0 Å². The Balaban J connectivity index is 3.09. The van der Waals surface area contributed by atoms with Crippen LogP contribution in [-0.2, 0) is 0 Å². The lowest BCUT2D eigenvalue weighted by Crippen LogP contribution is -1.96. The minimum Gasteiger partial charge on any atom is -0.384 e. The summed E-state index contributed by atoms with van der Waals surface area (Å²) < 4.78 is 12.6. The van der Waals surface area contributed by atoms with Crippen LogP contribution in [-0.4, -0.2) is 5.11 Å². The molecule has 0 aromatic heterocycles. The van der Waals surface area contributed by atoms with Crippen LogP contribution in [0.5, 0.6) is 0 Å². The quantitative estimate of drug-likeness (QED) is 0.668. The Morgan fingerprint density at radius 1 is 1.58 bits per heavy atom. The highest BCUT2D eigenvalue weighted by atomic mass is 19.1. The van der Waals surface area contributed by atoms with Gasteiger partial charge in [0, 0.05) is 0 Å². The van der Waals surface area contributed by atoms with Gasteiger partial charge in [-0.2, -0.15) is 0 Å². The summed E-state index contributed by atoms with van der Waals surface area (Å²) in [5, 5.41) is 9.36. The number of hydrogen-bond acceptors (Lipinski definition) is 1. The zero-order valence-corrected chi connectivity index (χ0v) is 6.92. The summed E-state index contributed by atoms with van der Waals surface area (Å²) >= 11 is 0. The fourth-order valence-electron chi connectivity index (χ4n) is 1.10. The molecule has 0 saturated heterocycles. The van der Waals surface area contributed by atoms with Crippen molar-refractivity contribution >= 4 is 0 Å². The second-order valence-corrected chi connectivity index (χ2v) is 2.68. The topological polar surface area (TPSA) is 20.2 Å². The standard InChI is InChI=1S/C10H11FO/c1-3-10(12)9-5-4-8(11)6-7(9)2/h3-6,10,12H,1H2,2H3. The van der Waals surface area contributed by atoms with Crippen molar-refractivity contribution in [2.24, 2.45) is 0 Å². The predicted octanol–water partition coefficient (Wildman–Crippen LogP) is 2.35. The first-order valence-corrected chi connectivity index (χ1v) is 3.72. The molecule has 0 radical (unpaired) electrons. The second kappa shape index (κ2) is 3.50. The molecule has 0 amide bonds. The van der Waals surface area contributed by atoms with Gasteiger partial charge in [0.05, 0.1) is 6.10 Å². The zero-order valence-electron chi connectivity index (χ0n) is 6.92. The van der Waals surface area contributed by atoms with Crippen LogP contribution >= 0.6 is 0 Å². The normalized spacial score (nSPS) is 12.6. The number of aryl methyl sites for hydroxylation is 1. The molecule has 1 nitrogen and oxygen atoms in total. The lowest BCUT2D eigenvalue weighted by molar-refractivity contribution is 0.228. The van der Waals surface area contributed by atoms with Crippen LogP contribution in [0.3, 0.4) is 0 Å². The van der Waals surface area contributed by atoms with Crippen molar-refractivity contribution in [3.8, 4) is 0 Å². The van der Waals surface area contributed by atoms with Crippen LogP contribution in [0.25, 0.3) is 0 Å². The minimum absolute atomic E-state index is 0.285. The van der Waals surface area contributed by atoms with Crippen LogP contribution in [0.15, 0.2) is 30.9 Å². The van der Waals surface area contributed by atoms with Crippen LogP contribution in [0.2, 0.25) is 0 Å². The summed E-state index contributed by atoms with van der Waals surface area (Å²) in [7, 11) is 0. The SMILES string of the molecule is C=CC(O)c1ccc(F)cc1C. The first-order chi connectivity index (χ1) is 5.65. The molecule has 0 saturated carbocycles. The van der Waals surface area contributed by atoms with E-state index in [0.717, 1.165) is 5.56 Å². The summed E-state index contributed by atoms with van der Waals surface area (Å²) in [6, 6.07) is 4.29. The average molecular weight is 166 g/mol. The van der Waals surface area contributed by atoms with E-state index in [1.165, 1.54) is 18.2 Å². The van der Waals surface area contributed by atoms with Crippen molar-refractivity contribution in [1.82, 2.24) is 0 Å². The maximum absolute atomic E-state index is 12.6. The molecule has 0 fully saturated rings. The van der Waals surface area contributed by atoms with E-state index in [0.29, 0.717) is 5.56 Å². The fourth-order valence-corrected chi connectivity index (χ4v) is 1.10. The number of aliphatic hydroxyl groups excluding tert-OH is 1. The molecule has 64 valence electrons. The molecule has 1 rings (SSSR count). The lowest BCUT2D eigenvalue weighted by atomic mass is 10.0. The van der Waals surface area contributed by atoms with E-state index in [9.17, 15) is 9.50 Å².